The fourth-order valence-electron chi connectivity index (χ4n) is 5.05. The van der Waals surface area contributed by atoms with Crippen molar-refractivity contribution in [1.82, 2.24) is 20.2 Å². The van der Waals surface area contributed by atoms with Crippen molar-refractivity contribution >= 4 is 39.3 Å². The lowest BCUT2D eigenvalue weighted by molar-refractivity contribution is -0.131. The lowest BCUT2D eigenvalue weighted by Gasteiger charge is -2.20. The molecule has 3 heterocycles. The Bertz CT molecular complexity index is 965. The number of carbonyl (C=O) groups excluding carboxylic acids is 2. The topological polar surface area (TPSA) is 87.2 Å². The van der Waals surface area contributed by atoms with E-state index in [1.54, 1.807) is 17.7 Å². The van der Waals surface area contributed by atoms with E-state index in [1.807, 2.05) is 0 Å². The molecule has 0 radical (unpaired) electrons. The number of aromatic nitrogens is 2. The van der Waals surface area contributed by atoms with Crippen LogP contribution >= 0.6 is 11.3 Å². The molecule has 7 nitrogen and oxygen atoms in total. The average Bonchev–Trinajstić information content (AvgIpc) is 3.37. The molecule has 1 aliphatic heterocycles. The lowest BCUT2D eigenvalue weighted by Crippen LogP contribution is -2.44. The predicted octanol–water partition coefficient (Wildman–Crippen LogP) is 3.48. The number of rotatable bonds is 5. The summed E-state index contributed by atoms with van der Waals surface area (Å²) >= 11 is 1.79. The number of hydrogen-bond acceptors (Lipinski definition) is 6. The third-order valence-electron chi connectivity index (χ3n) is 6.65. The summed E-state index contributed by atoms with van der Waals surface area (Å²) in [5, 5.41) is 7.55. The van der Waals surface area contributed by atoms with Gasteiger partial charge < -0.3 is 10.6 Å². The van der Waals surface area contributed by atoms with Gasteiger partial charge in [0.2, 0.25) is 0 Å². The normalized spacial score (nSPS) is 23.1. The van der Waals surface area contributed by atoms with Gasteiger partial charge in [-0.15, -0.1) is 11.3 Å². The Morgan fingerprint density at radius 3 is 2.97 bits per heavy atom. The number of thiophene rings is 1. The molecule has 2 N–H and O–H groups in total. The largest absolute Gasteiger partial charge is 0.369 e. The Balaban J connectivity index is 1.24. The van der Waals surface area contributed by atoms with E-state index in [2.05, 4.69) is 27.5 Å². The zero-order valence-electron chi connectivity index (χ0n) is 16.8. The number of amides is 3. The minimum Gasteiger partial charge on any atom is -0.369 e. The van der Waals surface area contributed by atoms with Crippen molar-refractivity contribution in [2.45, 2.75) is 63.8 Å². The zero-order chi connectivity index (χ0) is 20.0. The van der Waals surface area contributed by atoms with Gasteiger partial charge in [0.25, 0.3) is 5.91 Å². The lowest BCUT2D eigenvalue weighted by atomic mass is 9.89. The summed E-state index contributed by atoms with van der Waals surface area (Å²) in [5.41, 5.74) is 0.791. The molecule has 5 rings (SSSR count). The first-order chi connectivity index (χ1) is 14.1. The van der Waals surface area contributed by atoms with E-state index < -0.39 is 5.54 Å². The summed E-state index contributed by atoms with van der Waals surface area (Å²) in [6.07, 6.45) is 9.30. The molecule has 1 atom stereocenters. The summed E-state index contributed by atoms with van der Waals surface area (Å²) in [5.74, 6) is 1.57. The summed E-state index contributed by atoms with van der Waals surface area (Å²) in [4.78, 5) is 37.9. The Morgan fingerprint density at radius 1 is 1.31 bits per heavy atom. The number of hydrogen-bond donors (Lipinski definition) is 2. The van der Waals surface area contributed by atoms with Gasteiger partial charge in [0.1, 0.15) is 22.5 Å². The molecule has 8 heteroatoms. The number of urea groups is 1. The SMILES string of the molecule is CC1CCc2c(sc3ncnc(NCCCN4C(=O)NC5(CCCC5)C4=O)c23)C1. The molecule has 1 saturated heterocycles. The number of carbonyl (C=O) groups is 2. The number of imide groups is 1. The van der Waals surface area contributed by atoms with E-state index in [4.69, 9.17) is 0 Å². The van der Waals surface area contributed by atoms with Crippen LogP contribution in [0.4, 0.5) is 10.6 Å². The van der Waals surface area contributed by atoms with Crippen molar-refractivity contribution < 1.29 is 9.59 Å². The van der Waals surface area contributed by atoms with Crippen LogP contribution < -0.4 is 10.6 Å². The second-order valence-electron chi connectivity index (χ2n) is 8.71. The van der Waals surface area contributed by atoms with Crippen molar-refractivity contribution in [3.05, 3.63) is 16.8 Å². The molecule has 3 amide bonds. The Morgan fingerprint density at radius 2 is 2.14 bits per heavy atom. The quantitative estimate of drug-likeness (QED) is 0.579. The Kier molecular flexibility index (Phi) is 4.69. The maximum absolute atomic E-state index is 12.7. The number of nitrogens with zero attached hydrogens (tertiary/aromatic N) is 3. The first-order valence-corrected chi connectivity index (χ1v) is 11.5. The van der Waals surface area contributed by atoms with Crippen LogP contribution in [0.5, 0.6) is 0 Å². The third-order valence-corrected chi connectivity index (χ3v) is 7.81. The molecule has 29 heavy (non-hydrogen) atoms. The van der Waals surface area contributed by atoms with Gasteiger partial charge in [-0.1, -0.05) is 19.8 Å². The molecule has 2 fully saturated rings. The van der Waals surface area contributed by atoms with Gasteiger partial charge in [0, 0.05) is 18.0 Å². The van der Waals surface area contributed by atoms with E-state index in [9.17, 15) is 9.59 Å². The molecule has 2 aliphatic carbocycles. The Hall–Kier alpha value is -2.22. The minimum absolute atomic E-state index is 0.0366. The smallest absolute Gasteiger partial charge is 0.325 e. The van der Waals surface area contributed by atoms with E-state index in [1.165, 1.54) is 27.1 Å². The van der Waals surface area contributed by atoms with Crippen molar-refractivity contribution in [2.24, 2.45) is 5.92 Å². The van der Waals surface area contributed by atoms with Crippen LogP contribution in [-0.2, 0) is 17.6 Å². The van der Waals surface area contributed by atoms with Crippen LogP contribution in [0.25, 0.3) is 10.2 Å². The van der Waals surface area contributed by atoms with E-state index >= 15 is 0 Å². The summed E-state index contributed by atoms with van der Waals surface area (Å²) < 4.78 is 0. The molecular formula is C21H27N5O2S. The highest BCUT2D eigenvalue weighted by Gasteiger charge is 2.51. The van der Waals surface area contributed by atoms with Crippen LogP contribution in [-0.4, -0.2) is 45.4 Å². The van der Waals surface area contributed by atoms with Crippen molar-refractivity contribution in [1.29, 1.82) is 0 Å². The van der Waals surface area contributed by atoms with Crippen LogP contribution in [0.15, 0.2) is 6.33 Å². The maximum Gasteiger partial charge on any atom is 0.325 e. The van der Waals surface area contributed by atoms with Crippen molar-refractivity contribution in [2.75, 3.05) is 18.4 Å². The van der Waals surface area contributed by atoms with Gasteiger partial charge in [0.05, 0.1) is 5.39 Å². The van der Waals surface area contributed by atoms with E-state index in [-0.39, 0.29) is 11.9 Å². The molecular weight excluding hydrogens is 386 g/mol. The number of anilines is 1. The molecule has 0 bridgehead atoms. The fourth-order valence-corrected chi connectivity index (χ4v) is 6.40. The molecule has 154 valence electrons. The van der Waals surface area contributed by atoms with E-state index in [0.29, 0.717) is 19.5 Å². The molecule has 2 aromatic heterocycles. The van der Waals surface area contributed by atoms with Gasteiger partial charge in [0.15, 0.2) is 0 Å². The maximum atomic E-state index is 12.7. The zero-order valence-corrected chi connectivity index (χ0v) is 17.6. The molecule has 1 unspecified atom stereocenters. The molecule has 2 aromatic rings. The highest BCUT2D eigenvalue weighted by molar-refractivity contribution is 7.19. The minimum atomic E-state index is -0.615. The first-order valence-electron chi connectivity index (χ1n) is 10.7. The fraction of sp³-hybridized carbons (Fsp3) is 0.619. The number of aryl methyl sites for hydroxylation is 1. The third kappa shape index (κ3) is 3.17. The average molecular weight is 414 g/mol. The Labute approximate surface area is 174 Å². The van der Waals surface area contributed by atoms with Gasteiger partial charge in [-0.25, -0.2) is 14.8 Å². The molecule has 3 aliphatic rings. The van der Waals surface area contributed by atoms with Crippen LogP contribution in [0.2, 0.25) is 0 Å². The van der Waals surface area contributed by atoms with Gasteiger partial charge in [-0.05, 0) is 50.0 Å². The van der Waals surface area contributed by atoms with Crippen LogP contribution in [0.3, 0.4) is 0 Å². The standard InChI is InChI=1S/C21H27N5O2S/c1-13-5-6-14-15(11-13)29-18-16(14)17(23-12-24-18)22-9-4-10-26-19(27)21(25-20(26)28)7-2-3-8-21/h12-13H,2-11H2,1H3,(H,25,28)(H,22,23,24). The first kappa shape index (κ1) is 18.8. The second kappa shape index (κ2) is 7.23. The monoisotopic (exact) mass is 413 g/mol. The number of nitrogens with one attached hydrogen (secondary N) is 2. The van der Waals surface area contributed by atoms with Crippen LogP contribution in [0, 0.1) is 5.92 Å². The summed E-state index contributed by atoms with van der Waals surface area (Å²) in [6, 6.07) is -0.234. The molecule has 1 spiro atoms. The summed E-state index contributed by atoms with van der Waals surface area (Å²) in [7, 11) is 0. The second-order valence-corrected chi connectivity index (χ2v) is 9.79. The van der Waals surface area contributed by atoms with Gasteiger partial charge in [-0.3, -0.25) is 9.69 Å². The highest BCUT2D eigenvalue weighted by Crippen LogP contribution is 2.39. The predicted molar refractivity (Wildman–Crippen MR) is 113 cm³/mol. The highest BCUT2D eigenvalue weighted by atomic mass is 32.1. The van der Waals surface area contributed by atoms with Gasteiger partial charge in [-0.2, -0.15) is 0 Å². The molecule has 1 saturated carbocycles. The summed E-state index contributed by atoms with van der Waals surface area (Å²) in [6.45, 7) is 3.41. The number of fused-ring (bicyclic) bond motifs is 3. The van der Waals surface area contributed by atoms with Crippen LogP contribution in [0.1, 0.15) is 55.9 Å². The van der Waals surface area contributed by atoms with E-state index in [0.717, 1.165) is 55.1 Å². The van der Waals surface area contributed by atoms with Gasteiger partial charge >= 0.3 is 6.03 Å². The molecule has 0 aromatic carbocycles. The van der Waals surface area contributed by atoms with Crippen molar-refractivity contribution in [3.63, 3.8) is 0 Å². The van der Waals surface area contributed by atoms with Crippen molar-refractivity contribution in [3.8, 4) is 0 Å².